The number of allylic oxidation sites excluding steroid dienone is 1. The summed E-state index contributed by atoms with van der Waals surface area (Å²) in [5.74, 6) is 0.899. The first-order chi connectivity index (χ1) is 18.0. The van der Waals surface area contributed by atoms with E-state index in [1.54, 1.807) is 13.2 Å². The fraction of sp³-hybridized carbons (Fsp3) is 0.393. The molecule has 3 fully saturated rings. The van der Waals surface area contributed by atoms with Gasteiger partial charge in [-0.3, -0.25) is 9.59 Å². The van der Waals surface area contributed by atoms with E-state index in [0.29, 0.717) is 34.3 Å². The average molecular weight is 500 g/mol. The largest absolute Gasteiger partial charge is 0.494 e. The number of hydrogen-bond acceptors (Lipinski definition) is 6. The third-order valence-corrected chi connectivity index (χ3v) is 7.97. The fourth-order valence-electron chi connectivity index (χ4n) is 5.55. The summed E-state index contributed by atoms with van der Waals surface area (Å²) >= 11 is 0. The van der Waals surface area contributed by atoms with Gasteiger partial charge in [0.15, 0.2) is 6.21 Å². The number of nitrogens with two attached hydrogens (primary N) is 1. The molecule has 1 atom stereocenters. The van der Waals surface area contributed by atoms with Crippen molar-refractivity contribution in [1.29, 1.82) is 0 Å². The van der Waals surface area contributed by atoms with Crippen molar-refractivity contribution in [3.63, 3.8) is 0 Å². The lowest BCUT2D eigenvalue weighted by Crippen LogP contribution is -2.17. The van der Waals surface area contributed by atoms with E-state index in [4.69, 9.17) is 10.5 Å². The van der Waals surface area contributed by atoms with Gasteiger partial charge in [0.05, 0.1) is 29.6 Å². The Kier molecular flexibility index (Phi) is 5.78. The van der Waals surface area contributed by atoms with Crippen molar-refractivity contribution < 1.29 is 19.0 Å². The van der Waals surface area contributed by atoms with Crippen molar-refractivity contribution in [2.75, 3.05) is 17.7 Å². The minimum Gasteiger partial charge on any atom is -0.494 e. The van der Waals surface area contributed by atoms with Crippen LogP contribution in [0.5, 0.6) is 5.75 Å². The van der Waals surface area contributed by atoms with Gasteiger partial charge < -0.3 is 21.1 Å². The molecule has 2 amide bonds. The molecule has 37 heavy (non-hydrogen) atoms. The zero-order valence-electron chi connectivity index (χ0n) is 20.9. The molecule has 0 saturated heterocycles. The number of pyridine rings is 1. The van der Waals surface area contributed by atoms with Crippen molar-refractivity contribution in [1.82, 2.24) is 4.98 Å². The summed E-state index contributed by atoms with van der Waals surface area (Å²) < 4.78 is 7.75. The van der Waals surface area contributed by atoms with Gasteiger partial charge in [0.2, 0.25) is 12.1 Å². The average Bonchev–Trinajstić information content (AvgIpc) is 3.79. The minimum absolute atomic E-state index is 0.0347. The molecule has 1 unspecified atom stereocenters. The molecule has 1 aromatic carbocycles. The maximum atomic E-state index is 12.2. The molecular weight excluding hydrogens is 468 g/mol. The lowest BCUT2D eigenvalue weighted by Gasteiger charge is -2.16. The Morgan fingerprint density at radius 3 is 2.76 bits per heavy atom. The molecule has 2 heterocycles. The van der Waals surface area contributed by atoms with Gasteiger partial charge in [0.1, 0.15) is 17.8 Å². The molecule has 4 N–H and O–H groups in total. The van der Waals surface area contributed by atoms with Gasteiger partial charge in [-0.15, -0.1) is 0 Å². The van der Waals surface area contributed by atoms with E-state index in [-0.39, 0.29) is 17.4 Å². The molecule has 1 aliphatic heterocycles. The molecule has 0 bridgehead atoms. The fourth-order valence-corrected chi connectivity index (χ4v) is 5.55. The maximum Gasteiger partial charge on any atom is 0.252 e. The van der Waals surface area contributed by atoms with Crippen LogP contribution in [0.1, 0.15) is 60.9 Å². The normalized spacial score (nSPS) is 22.2. The smallest absolute Gasteiger partial charge is 0.252 e. The van der Waals surface area contributed by atoms with Crippen LogP contribution in [0.2, 0.25) is 0 Å². The summed E-state index contributed by atoms with van der Waals surface area (Å²) in [6.45, 7) is 0. The highest BCUT2D eigenvalue weighted by Gasteiger charge is 2.52. The Hall–Kier alpha value is -4.01. The lowest BCUT2D eigenvalue weighted by molar-refractivity contribution is -0.454. The molecule has 9 heteroatoms. The van der Waals surface area contributed by atoms with E-state index in [2.05, 4.69) is 26.9 Å². The van der Waals surface area contributed by atoms with E-state index in [1.807, 2.05) is 35.3 Å². The number of amides is 2. The van der Waals surface area contributed by atoms with Gasteiger partial charge in [-0.1, -0.05) is 23.2 Å². The number of anilines is 3. The summed E-state index contributed by atoms with van der Waals surface area (Å²) in [4.78, 5) is 28.5. The van der Waals surface area contributed by atoms with Crippen LogP contribution >= 0.6 is 0 Å². The minimum atomic E-state index is -0.623. The molecule has 3 aliphatic carbocycles. The molecule has 9 nitrogen and oxygen atoms in total. The molecule has 1 aromatic heterocycles. The van der Waals surface area contributed by atoms with Crippen LogP contribution < -0.4 is 21.1 Å². The molecule has 3 saturated carbocycles. The number of aromatic nitrogens is 1. The van der Waals surface area contributed by atoms with Gasteiger partial charge in [0, 0.05) is 29.7 Å². The topological polar surface area (TPSA) is 122 Å². The number of hydrazone groups is 1. The summed E-state index contributed by atoms with van der Waals surface area (Å²) in [5, 5.41) is 10.7. The lowest BCUT2D eigenvalue weighted by atomic mass is 9.94. The number of ether oxygens (including phenoxy) is 1. The number of carbonyl (C=O) groups is 2. The van der Waals surface area contributed by atoms with E-state index in [9.17, 15) is 9.59 Å². The number of nitrogens with one attached hydrogen (secondary N) is 2. The number of methoxy groups -OCH3 is 1. The number of benzene rings is 1. The van der Waals surface area contributed by atoms with E-state index < -0.39 is 5.91 Å². The SMILES string of the molecule is COc1c(Nc2cc(NC(=O)C3CC3)ncc2C(N)=O)cccc1C1=C/[N+](=C/C2CCCC23CC3)N=C1. The van der Waals surface area contributed by atoms with E-state index >= 15 is 0 Å². The van der Waals surface area contributed by atoms with E-state index in [1.165, 1.54) is 38.3 Å². The highest BCUT2D eigenvalue weighted by Crippen LogP contribution is 2.60. The number of hydrogen-bond donors (Lipinski definition) is 3. The third kappa shape index (κ3) is 4.61. The molecule has 4 aliphatic rings. The zero-order valence-corrected chi connectivity index (χ0v) is 20.9. The van der Waals surface area contributed by atoms with Gasteiger partial charge >= 0.3 is 0 Å². The molecule has 6 rings (SSSR count). The maximum absolute atomic E-state index is 12.2. The first-order valence-electron chi connectivity index (χ1n) is 12.9. The third-order valence-electron chi connectivity index (χ3n) is 7.97. The molecule has 190 valence electrons. The number of nitrogens with zero attached hydrogens (tertiary/aromatic N) is 3. The van der Waals surface area contributed by atoms with Crippen LogP contribution in [-0.2, 0) is 4.79 Å². The predicted molar refractivity (Wildman–Crippen MR) is 142 cm³/mol. The van der Waals surface area contributed by atoms with E-state index in [0.717, 1.165) is 24.0 Å². The summed E-state index contributed by atoms with van der Waals surface area (Å²) in [6.07, 6.45) is 15.8. The van der Waals surface area contributed by atoms with Crippen molar-refractivity contribution in [2.45, 2.75) is 44.9 Å². The van der Waals surface area contributed by atoms with Gasteiger partial charge in [0.25, 0.3) is 5.91 Å². The summed E-state index contributed by atoms with van der Waals surface area (Å²) in [5.41, 5.74) is 9.23. The number of primary amides is 1. The van der Waals surface area contributed by atoms with Crippen molar-refractivity contribution in [3.8, 4) is 5.75 Å². The summed E-state index contributed by atoms with van der Waals surface area (Å²) in [7, 11) is 1.61. The Balaban J connectivity index is 1.28. The van der Waals surface area contributed by atoms with Crippen LogP contribution in [-0.4, -0.2) is 41.0 Å². The van der Waals surface area contributed by atoms with Gasteiger partial charge in [-0.2, -0.15) is 0 Å². The van der Waals surface area contributed by atoms with Crippen molar-refractivity contribution in [2.24, 2.45) is 28.1 Å². The first kappa shape index (κ1) is 23.4. The second-order valence-electron chi connectivity index (χ2n) is 10.5. The molecular formula is C28H31N6O3+. The predicted octanol–water partition coefficient (Wildman–Crippen LogP) is 4.29. The van der Waals surface area contributed by atoms with Crippen LogP contribution in [0.15, 0.2) is 41.8 Å². The van der Waals surface area contributed by atoms with Crippen LogP contribution in [0.4, 0.5) is 17.2 Å². The monoisotopic (exact) mass is 499 g/mol. The van der Waals surface area contributed by atoms with Gasteiger partial charge in [-0.25, -0.2) is 4.98 Å². The number of para-hydroxylation sites is 1. The van der Waals surface area contributed by atoms with Gasteiger partial charge in [-0.05, 0) is 55.1 Å². The standard InChI is InChI=1S/C28H30N6O3/c1-37-25-20(18-13-31-34(15-18)16-19-4-3-9-28(19)10-11-28)5-2-6-22(25)32-23-12-24(30-14-21(23)26(29)35)33-27(36)17-7-8-17/h2,5-6,12-17,19H,3-4,7-11H2,1H3,(H3-,29,30,32,33,35,36)/p+1/b34-16-. The molecule has 0 radical (unpaired) electrons. The first-order valence-corrected chi connectivity index (χ1v) is 12.9. The highest BCUT2D eigenvalue weighted by molar-refractivity contribution is 6.12. The van der Waals surface area contributed by atoms with Crippen molar-refractivity contribution in [3.05, 3.63) is 47.8 Å². The Bertz CT molecular complexity index is 1370. The summed E-state index contributed by atoms with van der Waals surface area (Å²) in [6, 6.07) is 7.38. The number of rotatable bonds is 8. The Morgan fingerprint density at radius 1 is 1.19 bits per heavy atom. The second kappa shape index (κ2) is 9.14. The number of carbonyl (C=O) groups excluding carboxylic acids is 2. The Morgan fingerprint density at radius 2 is 2.03 bits per heavy atom. The van der Waals surface area contributed by atoms with Crippen LogP contribution in [0.25, 0.3) is 5.57 Å². The second-order valence-corrected chi connectivity index (χ2v) is 10.5. The highest BCUT2D eigenvalue weighted by atomic mass is 16.5. The zero-order chi connectivity index (χ0) is 25.6. The van der Waals surface area contributed by atoms with Crippen molar-refractivity contribution >= 4 is 47.0 Å². The molecule has 2 aromatic rings. The molecule has 1 spiro atoms. The Labute approximate surface area is 215 Å². The quantitative estimate of drug-likeness (QED) is 0.468. The van der Waals surface area contributed by atoms with Crippen LogP contribution in [0, 0.1) is 17.3 Å². The van der Waals surface area contributed by atoms with Crippen LogP contribution in [0.3, 0.4) is 0 Å².